The Labute approximate surface area is 119 Å². The van der Waals surface area contributed by atoms with Gasteiger partial charge in [-0.25, -0.2) is 4.98 Å². The molecule has 0 atom stereocenters. The number of methoxy groups -OCH3 is 1. The number of aromatic hydroxyl groups is 1. The fraction of sp³-hybridized carbons (Fsp3) is 0.143. The summed E-state index contributed by atoms with van der Waals surface area (Å²) in [5.74, 6) is 1.34. The lowest BCUT2D eigenvalue weighted by Crippen LogP contribution is -1.87. The first kappa shape index (κ1) is 12.7. The van der Waals surface area contributed by atoms with Crippen LogP contribution in [0.4, 0.5) is 0 Å². The lowest BCUT2D eigenvalue weighted by Gasteiger charge is -2.05. The highest BCUT2D eigenvalue weighted by Crippen LogP contribution is 2.39. The molecule has 102 valence electrons. The van der Waals surface area contributed by atoms with Gasteiger partial charge in [0.05, 0.1) is 23.9 Å². The van der Waals surface area contributed by atoms with E-state index in [0.29, 0.717) is 22.8 Å². The number of thiazole rings is 1. The molecular formula is C14H12N2O3S. The van der Waals surface area contributed by atoms with E-state index in [0.717, 1.165) is 11.3 Å². The van der Waals surface area contributed by atoms with Gasteiger partial charge in [-0.2, -0.15) is 0 Å². The molecule has 0 spiro atoms. The van der Waals surface area contributed by atoms with E-state index in [-0.39, 0.29) is 5.75 Å². The number of phenolic OH excluding ortho intramolecular Hbond substituents is 1. The second-order valence-electron chi connectivity index (χ2n) is 4.22. The van der Waals surface area contributed by atoms with Crippen molar-refractivity contribution in [2.24, 2.45) is 0 Å². The first-order valence-corrected chi connectivity index (χ1v) is 6.87. The molecule has 0 saturated heterocycles. The summed E-state index contributed by atoms with van der Waals surface area (Å²) in [5, 5.41) is 16.1. The number of ether oxygens (including phenoxy) is 1. The average Bonchev–Trinajstić information content (AvgIpc) is 3.07. The van der Waals surface area contributed by atoms with Gasteiger partial charge >= 0.3 is 0 Å². The van der Waals surface area contributed by atoms with Gasteiger partial charge in [0.2, 0.25) is 0 Å². The van der Waals surface area contributed by atoms with Crippen LogP contribution < -0.4 is 4.74 Å². The summed E-state index contributed by atoms with van der Waals surface area (Å²) in [6.45, 7) is 1.83. The molecule has 0 radical (unpaired) electrons. The van der Waals surface area contributed by atoms with Gasteiger partial charge in [-0.1, -0.05) is 5.16 Å². The molecule has 0 aliphatic carbocycles. The fourth-order valence-corrected chi connectivity index (χ4v) is 2.58. The van der Waals surface area contributed by atoms with Gasteiger partial charge in [0, 0.05) is 17.0 Å². The van der Waals surface area contributed by atoms with E-state index in [1.54, 1.807) is 30.8 Å². The Morgan fingerprint density at radius 2 is 2.20 bits per heavy atom. The van der Waals surface area contributed by atoms with Crippen molar-refractivity contribution in [3.63, 3.8) is 0 Å². The third kappa shape index (κ3) is 2.04. The fourth-order valence-electron chi connectivity index (χ4n) is 2.03. The normalized spacial score (nSPS) is 10.7. The Hall–Kier alpha value is -2.34. The summed E-state index contributed by atoms with van der Waals surface area (Å²) in [6, 6.07) is 5.06. The zero-order chi connectivity index (χ0) is 14.1. The molecule has 0 aliphatic heterocycles. The quantitative estimate of drug-likeness (QED) is 0.799. The monoisotopic (exact) mass is 288 g/mol. The number of hydrogen-bond donors (Lipinski definition) is 1. The van der Waals surface area contributed by atoms with Crippen LogP contribution in [0.1, 0.15) is 5.76 Å². The van der Waals surface area contributed by atoms with Crippen molar-refractivity contribution in [2.75, 3.05) is 7.11 Å². The standard InChI is InChI=1S/C14H12N2O3S/c1-8-13(11-6-20-7-15-11)14(16-19-8)10-4-3-9(18-2)5-12(10)17/h3-7,17H,1-2H3. The molecule has 0 aliphatic rings. The minimum Gasteiger partial charge on any atom is -0.507 e. The van der Waals surface area contributed by atoms with Crippen LogP contribution in [0.2, 0.25) is 0 Å². The first-order chi connectivity index (χ1) is 9.70. The Balaban J connectivity index is 2.16. The van der Waals surface area contributed by atoms with Crippen LogP contribution in [0.3, 0.4) is 0 Å². The Bertz CT molecular complexity index is 735. The smallest absolute Gasteiger partial charge is 0.143 e. The number of phenols is 1. The maximum atomic E-state index is 10.1. The first-order valence-electron chi connectivity index (χ1n) is 5.93. The average molecular weight is 288 g/mol. The predicted octanol–water partition coefficient (Wildman–Crippen LogP) is 3.49. The van der Waals surface area contributed by atoms with E-state index in [1.165, 1.54) is 11.3 Å². The van der Waals surface area contributed by atoms with Crippen molar-refractivity contribution < 1.29 is 14.4 Å². The summed E-state index contributed by atoms with van der Waals surface area (Å²) in [6.07, 6.45) is 0. The zero-order valence-corrected chi connectivity index (χ0v) is 11.8. The maximum Gasteiger partial charge on any atom is 0.143 e. The number of hydrogen-bond acceptors (Lipinski definition) is 6. The molecule has 20 heavy (non-hydrogen) atoms. The van der Waals surface area contributed by atoms with Gasteiger partial charge in [-0.15, -0.1) is 11.3 Å². The highest BCUT2D eigenvalue weighted by Gasteiger charge is 2.20. The van der Waals surface area contributed by atoms with Crippen molar-refractivity contribution >= 4 is 11.3 Å². The molecule has 0 bridgehead atoms. The molecular weight excluding hydrogens is 276 g/mol. The lowest BCUT2D eigenvalue weighted by molar-refractivity contribution is 0.398. The molecule has 5 nitrogen and oxygen atoms in total. The molecule has 0 saturated carbocycles. The van der Waals surface area contributed by atoms with E-state index in [2.05, 4.69) is 10.1 Å². The van der Waals surface area contributed by atoms with E-state index < -0.39 is 0 Å². The van der Waals surface area contributed by atoms with Crippen molar-refractivity contribution in [1.82, 2.24) is 10.1 Å². The number of benzene rings is 1. The van der Waals surface area contributed by atoms with Crippen molar-refractivity contribution in [2.45, 2.75) is 6.92 Å². The van der Waals surface area contributed by atoms with Crippen LogP contribution in [0.25, 0.3) is 22.5 Å². The lowest BCUT2D eigenvalue weighted by atomic mass is 10.0. The van der Waals surface area contributed by atoms with Crippen molar-refractivity contribution in [1.29, 1.82) is 0 Å². The van der Waals surface area contributed by atoms with Crippen LogP contribution in [0.5, 0.6) is 11.5 Å². The highest BCUT2D eigenvalue weighted by atomic mass is 32.1. The molecule has 2 heterocycles. The summed E-state index contributed by atoms with van der Waals surface area (Å²) in [7, 11) is 1.55. The van der Waals surface area contributed by atoms with Crippen LogP contribution in [-0.2, 0) is 0 Å². The molecule has 0 unspecified atom stereocenters. The summed E-state index contributed by atoms with van der Waals surface area (Å²) < 4.78 is 10.3. The van der Waals surface area contributed by atoms with Gasteiger partial charge in [0.25, 0.3) is 0 Å². The molecule has 3 rings (SSSR count). The van der Waals surface area contributed by atoms with Gasteiger partial charge in [-0.3, -0.25) is 0 Å². The molecule has 0 amide bonds. The topological polar surface area (TPSA) is 68.4 Å². The van der Waals surface area contributed by atoms with E-state index in [4.69, 9.17) is 9.26 Å². The molecule has 1 aromatic carbocycles. The molecule has 3 aromatic rings. The largest absolute Gasteiger partial charge is 0.507 e. The van der Waals surface area contributed by atoms with Crippen LogP contribution in [0, 0.1) is 6.92 Å². The van der Waals surface area contributed by atoms with Gasteiger partial charge < -0.3 is 14.4 Å². The number of rotatable bonds is 3. The third-order valence-corrected chi connectivity index (χ3v) is 3.60. The number of aryl methyl sites for hydroxylation is 1. The van der Waals surface area contributed by atoms with Crippen molar-refractivity contribution in [3.05, 3.63) is 34.8 Å². The number of aromatic nitrogens is 2. The second-order valence-corrected chi connectivity index (χ2v) is 4.94. The van der Waals surface area contributed by atoms with E-state index in [1.807, 2.05) is 12.3 Å². The maximum absolute atomic E-state index is 10.1. The summed E-state index contributed by atoms with van der Waals surface area (Å²) >= 11 is 1.50. The summed E-state index contributed by atoms with van der Waals surface area (Å²) in [5.41, 5.74) is 4.50. The highest BCUT2D eigenvalue weighted by molar-refractivity contribution is 7.07. The van der Waals surface area contributed by atoms with Gasteiger partial charge in [0.1, 0.15) is 23.0 Å². The SMILES string of the molecule is COc1ccc(-c2noc(C)c2-c2cscn2)c(O)c1. The van der Waals surface area contributed by atoms with Crippen molar-refractivity contribution in [3.8, 4) is 34.0 Å². The molecule has 6 heteroatoms. The molecule has 1 N–H and O–H groups in total. The van der Waals surface area contributed by atoms with Gasteiger partial charge in [0.15, 0.2) is 0 Å². The third-order valence-electron chi connectivity index (χ3n) is 3.01. The minimum atomic E-state index is 0.0918. The Morgan fingerprint density at radius 3 is 2.85 bits per heavy atom. The minimum absolute atomic E-state index is 0.0918. The number of nitrogens with zero attached hydrogens (tertiary/aromatic N) is 2. The van der Waals surface area contributed by atoms with Crippen LogP contribution in [0.15, 0.2) is 33.6 Å². The zero-order valence-electron chi connectivity index (χ0n) is 11.0. The van der Waals surface area contributed by atoms with E-state index in [9.17, 15) is 5.11 Å². The second kappa shape index (κ2) is 4.97. The molecule has 2 aromatic heterocycles. The van der Waals surface area contributed by atoms with Crippen LogP contribution >= 0.6 is 11.3 Å². The summed E-state index contributed by atoms with van der Waals surface area (Å²) in [4.78, 5) is 4.28. The van der Waals surface area contributed by atoms with Crippen LogP contribution in [-0.4, -0.2) is 22.4 Å². The Kier molecular flexibility index (Phi) is 3.15. The predicted molar refractivity (Wildman–Crippen MR) is 76.0 cm³/mol. The Morgan fingerprint density at radius 1 is 1.35 bits per heavy atom. The molecule has 0 fully saturated rings. The van der Waals surface area contributed by atoms with Gasteiger partial charge in [-0.05, 0) is 19.1 Å². The van der Waals surface area contributed by atoms with E-state index >= 15 is 0 Å².